The van der Waals surface area contributed by atoms with Crippen molar-refractivity contribution in [3.05, 3.63) is 47.1 Å². The van der Waals surface area contributed by atoms with Crippen LogP contribution in [-0.4, -0.2) is 15.9 Å². The van der Waals surface area contributed by atoms with Crippen LogP contribution >= 0.6 is 11.3 Å². The standard InChI is InChI=1S/C15H17N3S/c1-11-6-7-14-17-15(13-5-3-9-19-13)12(4-2-8-16)18(14)10-11/h3,5-7,9-10H,2,4,8,16H2,1H3. The monoisotopic (exact) mass is 271 g/mol. The zero-order valence-corrected chi connectivity index (χ0v) is 11.8. The maximum absolute atomic E-state index is 5.66. The summed E-state index contributed by atoms with van der Waals surface area (Å²) in [4.78, 5) is 6.01. The molecule has 0 aliphatic heterocycles. The van der Waals surface area contributed by atoms with Gasteiger partial charge in [-0.3, -0.25) is 0 Å². The first-order valence-electron chi connectivity index (χ1n) is 6.51. The van der Waals surface area contributed by atoms with Gasteiger partial charge in [0.1, 0.15) is 11.3 Å². The Labute approximate surface area is 116 Å². The van der Waals surface area contributed by atoms with Gasteiger partial charge in [-0.05, 0) is 49.4 Å². The van der Waals surface area contributed by atoms with Crippen LogP contribution in [0.2, 0.25) is 0 Å². The molecule has 2 N–H and O–H groups in total. The average molecular weight is 271 g/mol. The van der Waals surface area contributed by atoms with E-state index in [4.69, 9.17) is 10.7 Å². The number of nitrogens with zero attached hydrogens (tertiary/aromatic N) is 2. The summed E-state index contributed by atoms with van der Waals surface area (Å²) < 4.78 is 2.21. The predicted octanol–water partition coefficient (Wildman–Crippen LogP) is 3.26. The molecule has 3 aromatic rings. The van der Waals surface area contributed by atoms with Crippen LogP contribution < -0.4 is 5.73 Å². The van der Waals surface area contributed by atoms with E-state index in [1.54, 1.807) is 11.3 Å². The summed E-state index contributed by atoms with van der Waals surface area (Å²) in [6.45, 7) is 2.82. The van der Waals surface area contributed by atoms with Crippen LogP contribution in [0.4, 0.5) is 0 Å². The van der Waals surface area contributed by atoms with Crippen LogP contribution in [0.15, 0.2) is 35.8 Å². The molecule has 0 radical (unpaired) electrons. The van der Waals surface area contributed by atoms with E-state index in [1.807, 2.05) is 0 Å². The number of hydrogen-bond acceptors (Lipinski definition) is 3. The van der Waals surface area contributed by atoms with Crippen molar-refractivity contribution in [1.29, 1.82) is 0 Å². The molecule has 0 aliphatic rings. The van der Waals surface area contributed by atoms with Crippen LogP contribution in [0.3, 0.4) is 0 Å². The van der Waals surface area contributed by atoms with Crippen molar-refractivity contribution < 1.29 is 0 Å². The molecule has 0 saturated heterocycles. The van der Waals surface area contributed by atoms with Gasteiger partial charge in [0.2, 0.25) is 0 Å². The molecule has 3 heterocycles. The van der Waals surface area contributed by atoms with E-state index in [0.29, 0.717) is 6.54 Å². The third-order valence-electron chi connectivity index (χ3n) is 3.24. The predicted molar refractivity (Wildman–Crippen MR) is 80.6 cm³/mol. The molecule has 0 atom stereocenters. The molecule has 3 rings (SSSR count). The molecule has 98 valence electrons. The molecule has 0 aromatic carbocycles. The largest absolute Gasteiger partial charge is 0.330 e. The maximum Gasteiger partial charge on any atom is 0.137 e. The van der Waals surface area contributed by atoms with Gasteiger partial charge in [0.05, 0.1) is 10.6 Å². The summed E-state index contributed by atoms with van der Waals surface area (Å²) in [7, 11) is 0. The molecule has 0 bridgehead atoms. The Kier molecular flexibility index (Phi) is 3.36. The summed E-state index contributed by atoms with van der Waals surface area (Å²) in [6, 6.07) is 8.39. The fraction of sp³-hybridized carbons (Fsp3) is 0.267. The SMILES string of the molecule is Cc1ccc2nc(-c3cccs3)c(CCCN)n2c1. The summed E-state index contributed by atoms with van der Waals surface area (Å²) in [6.07, 6.45) is 4.11. The molecule has 0 unspecified atom stereocenters. The molecular weight excluding hydrogens is 254 g/mol. The van der Waals surface area contributed by atoms with Crippen LogP contribution in [0.25, 0.3) is 16.2 Å². The second-order valence-corrected chi connectivity index (χ2v) is 5.66. The molecule has 19 heavy (non-hydrogen) atoms. The van der Waals surface area contributed by atoms with Crippen molar-refractivity contribution >= 4 is 17.0 Å². The van der Waals surface area contributed by atoms with E-state index in [0.717, 1.165) is 24.2 Å². The highest BCUT2D eigenvalue weighted by atomic mass is 32.1. The topological polar surface area (TPSA) is 43.3 Å². The quantitative estimate of drug-likeness (QED) is 0.791. The smallest absolute Gasteiger partial charge is 0.137 e. The number of thiophene rings is 1. The van der Waals surface area contributed by atoms with Gasteiger partial charge in [-0.15, -0.1) is 11.3 Å². The number of nitrogens with two attached hydrogens (primary N) is 1. The third kappa shape index (κ3) is 2.29. The lowest BCUT2D eigenvalue weighted by Crippen LogP contribution is -2.03. The Morgan fingerprint density at radius 3 is 2.95 bits per heavy atom. The van der Waals surface area contributed by atoms with Crippen molar-refractivity contribution in [3.8, 4) is 10.6 Å². The number of aromatic nitrogens is 2. The van der Waals surface area contributed by atoms with Crippen LogP contribution in [-0.2, 0) is 6.42 Å². The number of hydrogen-bond donors (Lipinski definition) is 1. The van der Waals surface area contributed by atoms with Crippen molar-refractivity contribution in [3.63, 3.8) is 0 Å². The summed E-state index contributed by atoms with van der Waals surface area (Å²) >= 11 is 1.74. The molecule has 0 fully saturated rings. The first-order valence-corrected chi connectivity index (χ1v) is 7.39. The zero-order chi connectivity index (χ0) is 13.2. The second kappa shape index (κ2) is 5.15. The third-order valence-corrected chi connectivity index (χ3v) is 4.11. The molecule has 0 saturated carbocycles. The molecule has 0 amide bonds. The van der Waals surface area contributed by atoms with E-state index < -0.39 is 0 Å². The minimum atomic E-state index is 0.711. The Bertz CT molecular complexity index is 683. The van der Waals surface area contributed by atoms with Gasteiger partial charge in [-0.2, -0.15) is 0 Å². The van der Waals surface area contributed by atoms with Crippen molar-refractivity contribution in [1.82, 2.24) is 9.38 Å². The lowest BCUT2D eigenvalue weighted by Gasteiger charge is -2.04. The number of rotatable bonds is 4. The molecule has 4 heteroatoms. The van der Waals surface area contributed by atoms with Gasteiger partial charge in [0.15, 0.2) is 0 Å². The van der Waals surface area contributed by atoms with Gasteiger partial charge in [-0.1, -0.05) is 12.1 Å². The van der Waals surface area contributed by atoms with Crippen molar-refractivity contribution in [2.45, 2.75) is 19.8 Å². The lowest BCUT2D eigenvalue weighted by molar-refractivity contribution is 0.803. The normalized spacial score (nSPS) is 11.3. The first kappa shape index (κ1) is 12.4. The fourth-order valence-electron chi connectivity index (χ4n) is 2.32. The van der Waals surface area contributed by atoms with E-state index >= 15 is 0 Å². The Morgan fingerprint density at radius 1 is 1.32 bits per heavy atom. The molecular formula is C15H17N3S. The van der Waals surface area contributed by atoms with E-state index in [1.165, 1.54) is 16.1 Å². The lowest BCUT2D eigenvalue weighted by atomic mass is 10.2. The highest BCUT2D eigenvalue weighted by Crippen LogP contribution is 2.29. The van der Waals surface area contributed by atoms with Crippen LogP contribution in [0, 0.1) is 6.92 Å². The van der Waals surface area contributed by atoms with Crippen molar-refractivity contribution in [2.24, 2.45) is 5.73 Å². The number of pyridine rings is 1. The number of aryl methyl sites for hydroxylation is 2. The van der Waals surface area contributed by atoms with Gasteiger partial charge in [0, 0.05) is 6.20 Å². The van der Waals surface area contributed by atoms with Crippen molar-refractivity contribution in [2.75, 3.05) is 6.54 Å². The van der Waals surface area contributed by atoms with Gasteiger partial charge in [0.25, 0.3) is 0 Å². The zero-order valence-electron chi connectivity index (χ0n) is 11.0. The summed E-state index contributed by atoms with van der Waals surface area (Å²) in [5.41, 5.74) is 10.3. The number of imidazole rings is 1. The van der Waals surface area contributed by atoms with E-state index in [-0.39, 0.29) is 0 Å². The number of fused-ring (bicyclic) bond motifs is 1. The van der Waals surface area contributed by atoms with Gasteiger partial charge in [-0.25, -0.2) is 4.98 Å². The second-order valence-electron chi connectivity index (χ2n) is 4.71. The minimum Gasteiger partial charge on any atom is -0.330 e. The van der Waals surface area contributed by atoms with E-state index in [2.05, 4.69) is 47.2 Å². The Balaban J connectivity index is 2.19. The minimum absolute atomic E-state index is 0.711. The van der Waals surface area contributed by atoms with Crippen LogP contribution in [0.5, 0.6) is 0 Å². The first-order chi connectivity index (χ1) is 9.29. The highest BCUT2D eigenvalue weighted by Gasteiger charge is 2.14. The molecule has 0 aliphatic carbocycles. The highest BCUT2D eigenvalue weighted by molar-refractivity contribution is 7.13. The Morgan fingerprint density at radius 2 is 2.21 bits per heavy atom. The molecule has 0 spiro atoms. The molecule has 3 aromatic heterocycles. The maximum atomic E-state index is 5.66. The van der Waals surface area contributed by atoms with Gasteiger partial charge < -0.3 is 10.1 Å². The molecule has 3 nitrogen and oxygen atoms in total. The Hall–Kier alpha value is -1.65. The van der Waals surface area contributed by atoms with Crippen LogP contribution in [0.1, 0.15) is 17.7 Å². The summed E-state index contributed by atoms with van der Waals surface area (Å²) in [5, 5.41) is 2.09. The average Bonchev–Trinajstić information content (AvgIpc) is 3.03. The summed E-state index contributed by atoms with van der Waals surface area (Å²) in [5.74, 6) is 0. The van der Waals surface area contributed by atoms with E-state index in [9.17, 15) is 0 Å². The fourth-order valence-corrected chi connectivity index (χ4v) is 3.05. The van der Waals surface area contributed by atoms with Gasteiger partial charge >= 0.3 is 0 Å².